The lowest BCUT2D eigenvalue weighted by atomic mass is 9.74. The second-order valence-corrected chi connectivity index (χ2v) is 10.1. The van der Waals surface area contributed by atoms with E-state index in [4.69, 9.17) is 0 Å². The number of nitrogens with zero attached hydrogens (tertiary/aromatic N) is 2. The zero-order valence-corrected chi connectivity index (χ0v) is 18.5. The van der Waals surface area contributed by atoms with Crippen LogP contribution in [0.15, 0.2) is 48.7 Å². The van der Waals surface area contributed by atoms with Crippen molar-refractivity contribution >= 4 is 24.1 Å². The molecule has 0 saturated carbocycles. The first-order valence-corrected chi connectivity index (χ1v) is 11.8. The summed E-state index contributed by atoms with van der Waals surface area (Å²) in [4.78, 5) is 9.73. The number of hydrogen-bond donors (Lipinski definition) is 3. The Balaban J connectivity index is 2.27. The summed E-state index contributed by atoms with van der Waals surface area (Å²) >= 11 is 0. The number of aromatic nitrogens is 2. The third-order valence-electron chi connectivity index (χ3n) is 5.52. The van der Waals surface area contributed by atoms with E-state index in [-0.39, 0.29) is 0 Å². The molecule has 3 aromatic rings. The van der Waals surface area contributed by atoms with E-state index < -0.39 is 30.4 Å². The first kappa shape index (κ1) is 23.3. The maximum Gasteiger partial charge on any atom is 0.416 e. The third kappa shape index (κ3) is 4.22. The molecule has 3 rings (SSSR count). The van der Waals surface area contributed by atoms with E-state index >= 15 is 0 Å². The Kier molecular flexibility index (Phi) is 5.76. The summed E-state index contributed by atoms with van der Waals surface area (Å²) in [5.41, 5.74) is -1.99. The second-order valence-electron chi connectivity index (χ2n) is 8.13. The average molecular weight is 455 g/mol. The molecule has 0 spiro atoms. The van der Waals surface area contributed by atoms with Crippen LogP contribution in [0.5, 0.6) is 0 Å². The first-order valence-electron chi connectivity index (χ1n) is 9.66. The van der Waals surface area contributed by atoms with Crippen molar-refractivity contribution in [2.45, 2.75) is 44.5 Å². The van der Waals surface area contributed by atoms with E-state index in [0.29, 0.717) is 28.6 Å². The van der Waals surface area contributed by atoms with E-state index in [2.05, 4.69) is 10.2 Å². The molecule has 6 nitrogen and oxygen atoms in total. The second kappa shape index (κ2) is 7.65. The average Bonchev–Trinajstić information content (AvgIpc) is 3.06. The lowest BCUT2D eigenvalue weighted by Crippen LogP contribution is -2.53. The summed E-state index contributed by atoms with van der Waals surface area (Å²) in [7, 11) is -3.59. The van der Waals surface area contributed by atoms with Gasteiger partial charge in [0.25, 0.3) is 7.52 Å². The molecule has 0 bridgehead atoms. The third-order valence-corrected chi connectivity index (χ3v) is 6.17. The Labute approximate surface area is 178 Å². The number of nitrogens with one attached hydrogen (secondary N) is 1. The van der Waals surface area contributed by atoms with Crippen LogP contribution in [0.3, 0.4) is 0 Å². The number of fused-ring (bicyclic) bond motifs is 1. The van der Waals surface area contributed by atoms with Crippen LogP contribution in [0.4, 0.5) is 18.9 Å². The van der Waals surface area contributed by atoms with Gasteiger partial charge in [-0.1, -0.05) is 25.1 Å². The lowest BCUT2D eigenvalue weighted by Gasteiger charge is -2.44. The predicted octanol–water partition coefficient (Wildman–Crippen LogP) is 5.21. The molecular weight excluding hydrogens is 430 g/mol. The minimum atomic E-state index is -4.47. The number of hydrogen-bond acceptors (Lipinski definition) is 3. The molecule has 0 aliphatic rings. The summed E-state index contributed by atoms with van der Waals surface area (Å²) in [5, 5.41) is 18.8. The van der Waals surface area contributed by atoms with Crippen LogP contribution in [0.2, 0.25) is 0 Å². The zero-order chi connectivity index (χ0) is 23.2. The van der Waals surface area contributed by atoms with Crippen molar-refractivity contribution < 1.29 is 27.7 Å². The fraction of sp³-hybridized carbons (Fsp3) is 0.381. The van der Waals surface area contributed by atoms with Gasteiger partial charge in [0.05, 0.1) is 28.6 Å². The molecular formula is C21H25F3N3O3P. The largest absolute Gasteiger partial charge is 0.416 e. The SMILES string of the molecule is CCC(c1ccc(C(F)(F)F)cc1)(n1ncc2c(NP(C)(=O)O)cccc21)C(C)(C)O. The van der Waals surface area contributed by atoms with E-state index in [1.165, 1.54) is 25.0 Å². The Morgan fingerprint density at radius 1 is 1.10 bits per heavy atom. The van der Waals surface area contributed by atoms with Gasteiger partial charge in [0, 0.05) is 12.1 Å². The van der Waals surface area contributed by atoms with Crippen LogP contribution in [0, 0.1) is 0 Å². The van der Waals surface area contributed by atoms with Crippen molar-refractivity contribution in [1.29, 1.82) is 0 Å². The Bertz CT molecular complexity index is 1130. The molecule has 2 atom stereocenters. The lowest BCUT2D eigenvalue weighted by molar-refractivity contribution is -0.137. The van der Waals surface area contributed by atoms with Gasteiger partial charge in [0.15, 0.2) is 0 Å². The standard InChI is InChI=1S/C21H25F3N3O3P/c1-5-20(19(2,3)28,14-9-11-15(12-10-14)21(22,23)24)27-18-8-6-7-17(16(18)13-25-27)26-31(4,29)30/h6-13,28H,5H2,1-4H3,(H2,26,29,30). The van der Waals surface area contributed by atoms with Crippen LogP contribution < -0.4 is 5.09 Å². The molecule has 31 heavy (non-hydrogen) atoms. The number of anilines is 1. The predicted molar refractivity (Wildman–Crippen MR) is 114 cm³/mol. The van der Waals surface area contributed by atoms with E-state index in [1.807, 2.05) is 6.92 Å². The van der Waals surface area contributed by atoms with Crippen molar-refractivity contribution in [3.63, 3.8) is 0 Å². The maximum absolute atomic E-state index is 13.1. The summed E-state index contributed by atoms with van der Waals surface area (Å²) in [6, 6.07) is 9.74. The van der Waals surface area contributed by atoms with Gasteiger partial charge in [0.2, 0.25) is 0 Å². The molecule has 0 fully saturated rings. The fourth-order valence-electron chi connectivity index (χ4n) is 4.13. The quantitative estimate of drug-likeness (QED) is 0.445. The molecule has 0 saturated heterocycles. The van der Waals surface area contributed by atoms with Crippen LogP contribution in [-0.2, 0) is 16.3 Å². The van der Waals surface area contributed by atoms with Crippen LogP contribution in [0.25, 0.3) is 10.9 Å². The van der Waals surface area contributed by atoms with Gasteiger partial charge in [0.1, 0.15) is 5.54 Å². The van der Waals surface area contributed by atoms with Gasteiger partial charge in [-0.25, -0.2) is 0 Å². The topological polar surface area (TPSA) is 87.4 Å². The summed E-state index contributed by atoms with van der Waals surface area (Å²) in [6.45, 7) is 6.15. The number of halogens is 3. The monoisotopic (exact) mass is 455 g/mol. The van der Waals surface area contributed by atoms with Gasteiger partial charge >= 0.3 is 6.18 Å². The molecule has 1 heterocycles. The van der Waals surface area contributed by atoms with Gasteiger partial charge in [-0.15, -0.1) is 0 Å². The van der Waals surface area contributed by atoms with Crippen molar-refractivity contribution in [1.82, 2.24) is 9.78 Å². The van der Waals surface area contributed by atoms with E-state index in [1.54, 1.807) is 36.7 Å². The highest BCUT2D eigenvalue weighted by Crippen LogP contribution is 2.44. The number of alkyl halides is 3. The van der Waals surface area contributed by atoms with Gasteiger partial charge in [-0.3, -0.25) is 9.25 Å². The molecule has 1 aromatic heterocycles. The summed E-state index contributed by atoms with van der Waals surface area (Å²) in [6.07, 6.45) is -2.64. The highest BCUT2D eigenvalue weighted by molar-refractivity contribution is 7.58. The maximum atomic E-state index is 13.1. The van der Waals surface area contributed by atoms with E-state index in [9.17, 15) is 27.7 Å². The first-order chi connectivity index (χ1) is 14.2. The Hall–Kier alpha value is -2.35. The van der Waals surface area contributed by atoms with Gasteiger partial charge in [-0.05, 0) is 50.1 Å². The van der Waals surface area contributed by atoms with Gasteiger partial charge in [-0.2, -0.15) is 18.3 Å². The molecule has 168 valence electrons. The molecule has 0 aliphatic carbocycles. The van der Waals surface area contributed by atoms with Crippen LogP contribution in [-0.4, -0.2) is 32.0 Å². The van der Waals surface area contributed by atoms with Crippen molar-refractivity contribution in [2.75, 3.05) is 11.8 Å². The summed E-state index contributed by atoms with van der Waals surface area (Å²) in [5.74, 6) is 0. The molecule has 0 amide bonds. The van der Waals surface area contributed by atoms with Crippen LogP contribution in [0.1, 0.15) is 38.3 Å². The molecule has 2 unspecified atom stereocenters. The highest BCUT2D eigenvalue weighted by Gasteiger charge is 2.47. The Morgan fingerprint density at radius 2 is 1.68 bits per heavy atom. The van der Waals surface area contributed by atoms with Crippen molar-refractivity contribution in [3.05, 3.63) is 59.8 Å². The number of benzene rings is 2. The minimum Gasteiger partial charge on any atom is -0.388 e. The van der Waals surface area contributed by atoms with Crippen molar-refractivity contribution in [3.8, 4) is 0 Å². The summed E-state index contributed by atoms with van der Waals surface area (Å²) < 4.78 is 52.7. The number of aliphatic hydroxyl groups is 1. The van der Waals surface area contributed by atoms with Gasteiger partial charge < -0.3 is 15.1 Å². The van der Waals surface area contributed by atoms with Crippen molar-refractivity contribution in [2.24, 2.45) is 0 Å². The molecule has 2 aromatic carbocycles. The molecule has 3 N–H and O–H groups in total. The van der Waals surface area contributed by atoms with Crippen LogP contribution >= 0.6 is 7.52 Å². The normalized spacial score (nSPS) is 16.7. The smallest absolute Gasteiger partial charge is 0.388 e. The van der Waals surface area contributed by atoms with E-state index in [0.717, 1.165) is 12.1 Å². The molecule has 0 radical (unpaired) electrons. The molecule has 0 aliphatic heterocycles. The Morgan fingerprint density at radius 3 is 2.16 bits per heavy atom. The number of rotatable bonds is 6. The molecule has 10 heteroatoms. The minimum absolute atomic E-state index is 0.322. The zero-order valence-electron chi connectivity index (χ0n) is 17.6. The highest BCUT2D eigenvalue weighted by atomic mass is 31.2. The fourth-order valence-corrected chi connectivity index (χ4v) is 4.77.